The number of rotatable bonds is 5. The quantitative estimate of drug-likeness (QED) is 0.519. The molecule has 0 N–H and O–H groups in total. The van der Waals surface area contributed by atoms with Gasteiger partial charge in [0.1, 0.15) is 5.82 Å². The third-order valence-corrected chi connectivity index (χ3v) is 6.55. The first kappa shape index (κ1) is 21.6. The van der Waals surface area contributed by atoms with E-state index in [9.17, 15) is 14.0 Å². The van der Waals surface area contributed by atoms with Gasteiger partial charge in [0.2, 0.25) is 0 Å². The number of fused-ring (bicyclic) bond motifs is 1. The minimum Gasteiger partial charge on any atom is -0.368 e. The van der Waals surface area contributed by atoms with Crippen LogP contribution >= 0.6 is 11.6 Å². The Bertz CT molecular complexity index is 1210. The van der Waals surface area contributed by atoms with E-state index in [1.807, 2.05) is 36.4 Å². The van der Waals surface area contributed by atoms with Crippen molar-refractivity contribution in [3.63, 3.8) is 0 Å². The maximum absolute atomic E-state index is 14.1. The highest BCUT2D eigenvalue weighted by molar-refractivity contribution is 6.30. The van der Waals surface area contributed by atoms with Crippen LogP contribution in [0.3, 0.4) is 0 Å². The summed E-state index contributed by atoms with van der Waals surface area (Å²) in [7, 11) is 0. The van der Waals surface area contributed by atoms with Crippen LogP contribution in [0.4, 0.5) is 10.1 Å². The van der Waals surface area contributed by atoms with Crippen LogP contribution in [0.5, 0.6) is 0 Å². The third-order valence-electron chi connectivity index (χ3n) is 6.30. The molecule has 0 bridgehead atoms. The molecule has 0 aliphatic carbocycles. The Hall–Kier alpha value is -3.22. The van der Waals surface area contributed by atoms with Crippen LogP contribution in [-0.2, 0) is 13.1 Å². The van der Waals surface area contributed by atoms with Gasteiger partial charge in [0, 0.05) is 43.3 Å². The molecule has 0 saturated carbocycles. The second kappa shape index (κ2) is 8.96. The summed E-state index contributed by atoms with van der Waals surface area (Å²) in [5.74, 6) is -1.16. The van der Waals surface area contributed by atoms with Gasteiger partial charge in [-0.25, -0.2) is 4.39 Å². The lowest BCUT2D eigenvalue weighted by Crippen LogP contribution is -2.46. The highest BCUT2D eigenvalue weighted by atomic mass is 35.5. The summed E-state index contributed by atoms with van der Waals surface area (Å²) in [6, 6.07) is 19.5. The summed E-state index contributed by atoms with van der Waals surface area (Å²) in [6.45, 7) is 3.94. The fourth-order valence-electron chi connectivity index (χ4n) is 4.51. The van der Waals surface area contributed by atoms with Crippen molar-refractivity contribution in [1.29, 1.82) is 0 Å². The molecule has 168 valence electrons. The van der Waals surface area contributed by atoms with Gasteiger partial charge >= 0.3 is 0 Å². The number of carbonyl (C=O) groups is 2. The summed E-state index contributed by atoms with van der Waals surface area (Å²) in [5.41, 5.74) is 3.11. The molecule has 3 aromatic carbocycles. The van der Waals surface area contributed by atoms with Crippen LogP contribution in [0.1, 0.15) is 31.8 Å². The second-order valence-corrected chi connectivity index (χ2v) is 8.81. The van der Waals surface area contributed by atoms with Crippen LogP contribution < -0.4 is 4.90 Å². The first-order chi connectivity index (χ1) is 16.0. The van der Waals surface area contributed by atoms with Crippen molar-refractivity contribution >= 4 is 29.1 Å². The van der Waals surface area contributed by atoms with E-state index in [0.717, 1.165) is 48.3 Å². The van der Waals surface area contributed by atoms with Crippen molar-refractivity contribution in [2.45, 2.75) is 13.1 Å². The Balaban J connectivity index is 1.31. The Kier molecular flexibility index (Phi) is 5.87. The van der Waals surface area contributed by atoms with Crippen molar-refractivity contribution in [3.8, 4) is 0 Å². The van der Waals surface area contributed by atoms with E-state index in [2.05, 4.69) is 9.80 Å². The molecule has 0 radical (unpaired) electrons. The van der Waals surface area contributed by atoms with Crippen LogP contribution in [0, 0.1) is 5.82 Å². The minimum absolute atomic E-state index is 0.0761. The van der Waals surface area contributed by atoms with E-state index in [1.165, 1.54) is 11.6 Å². The van der Waals surface area contributed by atoms with E-state index in [0.29, 0.717) is 16.7 Å². The molecule has 2 amide bonds. The van der Waals surface area contributed by atoms with Gasteiger partial charge in [0.15, 0.2) is 0 Å². The number of hydrogen-bond acceptors (Lipinski definition) is 4. The van der Waals surface area contributed by atoms with Crippen LogP contribution in [0.25, 0.3) is 0 Å². The molecule has 7 heteroatoms. The zero-order chi connectivity index (χ0) is 22.9. The first-order valence-electron chi connectivity index (χ1n) is 11.0. The molecule has 2 heterocycles. The SMILES string of the molecule is O=C1c2cccc(N3CCN(Cc4ccc(Cl)cc4)CC3)c2C(=O)N1Cc1ccccc1F. The van der Waals surface area contributed by atoms with E-state index in [1.54, 1.807) is 24.3 Å². The predicted molar refractivity (Wildman–Crippen MR) is 126 cm³/mol. The highest BCUT2D eigenvalue weighted by Crippen LogP contribution is 2.33. The molecule has 33 heavy (non-hydrogen) atoms. The van der Waals surface area contributed by atoms with Crippen LogP contribution in [-0.4, -0.2) is 47.8 Å². The van der Waals surface area contributed by atoms with Gasteiger partial charge < -0.3 is 4.90 Å². The molecule has 2 aliphatic rings. The zero-order valence-electron chi connectivity index (χ0n) is 18.0. The number of hydrogen-bond donors (Lipinski definition) is 0. The summed E-state index contributed by atoms with van der Waals surface area (Å²) in [5, 5.41) is 0.727. The summed E-state index contributed by atoms with van der Waals surface area (Å²) in [6.07, 6.45) is 0. The molecule has 5 nitrogen and oxygen atoms in total. The Morgan fingerprint density at radius 2 is 1.52 bits per heavy atom. The molecular formula is C26H23ClFN3O2. The topological polar surface area (TPSA) is 43.9 Å². The number of nitrogens with zero attached hydrogens (tertiary/aromatic N) is 3. The maximum atomic E-state index is 14.1. The minimum atomic E-state index is -0.425. The average molecular weight is 464 g/mol. The molecule has 5 rings (SSSR count). The summed E-state index contributed by atoms with van der Waals surface area (Å²) < 4.78 is 14.1. The fraction of sp³-hybridized carbons (Fsp3) is 0.231. The number of benzene rings is 3. The largest absolute Gasteiger partial charge is 0.368 e. The van der Waals surface area contributed by atoms with Gasteiger partial charge in [-0.3, -0.25) is 19.4 Å². The number of anilines is 1. The molecule has 1 saturated heterocycles. The summed E-state index contributed by atoms with van der Waals surface area (Å²) in [4.78, 5) is 31.9. The van der Waals surface area contributed by atoms with E-state index >= 15 is 0 Å². The van der Waals surface area contributed by atoms with Gasteiger partial charge in [-0.05, 0) is 35.9 Å². The maximum Gasteiger partial charge on any atom is 0.263 e. The van der Waals surface area contributed by atoms with Crippen molar-refractivity contribution in [2.24, 2.45) is 0 Å². The standard InChI is InChI=1S/C26H23ClFN3O2/c27-20-10-8-18(9-11-20)16-29-12-14-30(15-13-29)23-7-3-5-21-24(23)26(33)31(25(21)32)17-19-4-1-2-6-22(19)28/h1-11H,12-17H2. The molecule has 0 spiro atoms. The van der Waals surface area contributed by atoms with Gasteiger partial charge in [0.25, 0.3) is 11.8 Å². The molecule has 0 atom stereocenters. The first-order valence-corrected chi connectivity index (χ1v) is 11.3. The zero-order valence-corrected chi connectivity index (χ0v) is 18.8. The third kappa shape index (κ3) is 4.24. The predicted octanol–water partition coefficient (Wildman–Crippen LogP) is 4.60. The van der Waals surface area contributed by atoms with Gasteiger partial charge in [-0.15, -0.1) is 0 Å². The Labute approximate surface area is 197 Å². The Morgan fingerprint density at radius 3 is 2.24 bits per heavy atom. The molecule has 0 unspecified atom stereocenters. The molecule has 2 aliphatic heterocycles. The number of carbonyl (C=O) groups excluding carboxylic acids is 2. The van der Waals surface area contributed by atoms with Gasteiger partial charge in [-0.2, -0.15) is 0 Å². The van der Waals surface area contributed by atoms with Crippen LogP contribution in [0.15, 0.2) is 66.7 Å². The Morgan fingerprint density at radius 1 is 0.788 bits per heavy atom. The normalized spacial score (nSPS) is 16.4. The van der Waals surface area contributed by atoms with E-state index < -0.39 is 5.82 Å². The lowest BCUT2D eigenvalue weighted by molar-refractivity contribution is 0.0641. The molecule has 3 aromatic rings. The fourth-order valence-corrected chi connectivity index (χ4v) is 4.64. The monoisotopic (exact) mass is 463 g/mol. The van der Waals surface area contributed by atoms with Crippen molar-refractivity contribution in [1.82, 2.24) is 9.80 Å². The smallest absolute Gasteiger partial charge is 0.263 e. The van der Waals surface area contributed by atoms with Gasteiger partial charge in [0.05, 0.1) is 23.4 Å². The highest BCUT2D eigenvalue weighted by Gasteiger charge is 2.39. The van der Waals surface area contributed by atoms with Crippen LogP contribution in [0.2, 0.25) is 5.02 Å². The van der Waals surface area contributed by atoms with Gasteiger partial charge in [-0.1, -0.05) is 48.0 Å². The number of imide groups is 1. The summed E-state index contributed by atoms with van der Waals surface area (Å²) >= 11 is 5.98. The number of amides is 2. The molecule has 0 aromatic heterocycles. The lowest BCUT2D eigenvalue weighted by atomic mass is 10.1. The van der Waals surface area contributed by atoms with E-state index in [4.69, 9.17) is 11.6 Å². The van der Waals surface area contributed by atoms with Crippen molar-refractivity contribution in [3.05, 3.63) is 99.8 Å². The second-order valence-electron chi connectivity index (χ2n) is 8.38. The molecular weight excluding hydrogens is 441 g/mol. The van der Waals surface area contributed by atoms with E-state index in [-0.39, 0.29) is 18.4 Å². The molecule has 1 fully saturated rings. The lowest BCUT2D eigenvalue weighted by Gasteiger charge is -2.36. The number of halogens is 2. The average Bonchev–Trinajstić information content (AvgIpc) is 3.07. The van der Waals surface area contributed by atoms with Crippen molar-refractivity contribution < 1.29 is 14.0 Å². The number of piperazine rings is 1. The van der Waals surface area contributed by atoms with Crippen molar-refractivity contribution in [2.75, 3.05) is 31.1 Å².